The highest BCUT2D eigenvalue weighted by atomic mass is 16.2. The molecule has 1 N–H and O–H groups in total. The first-order chi connectivity index (χ1) is 10.7. The molecule has 0 saturated carbocycles. The molecule has 1 aromatic carbocycles. The Hall–Kier alpha value is -2.95. The number of aryl methyl sites for hydroxylation is 1. The number of hydrogen-bond donors (Lipinski definition) is 1. The van der Waals surface area contributed by atoms with E-state index >= 15 is 0 Å². The molecule has 110 valence electrons. The fraction of sp³-hybridized carbons (Fsp3) is 0.118. The first-order valence-electron chi connectivity index (χ1n) is 6.96. The molecule has 2 heterocycles. The number of carbonyl (C=O) groups excluding carboxylic acids is 1. The van der Waals surface area contributed by atoms with Crippen LogP contribution in [-0.4, -0.2) is 15.3 Å². The van der Waals surface area contributed by atoms with Crippen molar-refractivity contribution >= 4 is 11.6 Å². The number of aromatic nitrogens is 2. The van der Waals surface area contributed by atoms with Crippen molar-refractivity contribution in [1.29, 1.82) is 0 Å². The van der Waals surface area contributed by atoms with Crippen molar-refractivity contribution in [3.05, 3.63) is 81.9 Å². The van der Waals surface area contributed by atoms with Gasteiger partial charge in [0.2, 0.25) is 0 Å². The van der Waals surface area contributed by atoms with E-state index in [1.165, 1.54) is 10.6 Å². The number of nitrogens with one attached hydrogen (secondary N) is 1. The van der Waals surface area contributed by atoms with Gasteiger partial charge in [0.05, 0.1) is 0 Å². The Labute approximate surface area is 127 Å². The minimum absolute atomic E-state index is 0.0408. The summed E-state index contributed by atoms with van der Waals surface area (Å²) in [6, 6.07) is 13.2. The van der Waals surface area contributed by atoms with Crippen LogP contribution >= 0.6 is 0 Å². The summed E-state index contributed by atoms with van der Waals surface area (Å²) in [6.45, 7) is 2.24. The molecule has 0 aliphatic rings. The van der Waals surface area contributed by atoms with Gasteiger partial charge in [-0.3, -0.25) is 14.0 Å². The number of benzene rings is 1. The summed E-state index contributed by atoms with van der Waals surface area (Å²) < 4.78 is 1.40. The van der Waals surface area contributed by atoms with Crippen molar-refractivity contribution in [2.45, 2.75) is 13.5 Å². The highest BCUT2D eigenvalue weighted by Crippen LogP contribution is 2.05. The van der Waals surface area contributed by atoms with Gasteiger partial charge in [-0.15, -0.1) is 0 Å². The quantitative estimate of drug-likeness (QED) is 0.802. The van der Waals surface area contributed by atoms with E-state index in [9.17, 15) is 9.59 Å². The van der Waals surface area contributed by atoms with Gasteiger partial charge in [0.25, 0.3) is 11.5 Å². The number of fused-ring (bicyclic) bond motifs is 1. The van der Waals surface area contributed by atoms with E-state index in [-0.39, 0.29) is 11.1 Å². The summed E-state index contributed by atoms with van der Waals surface area (Å²) in [5.74, 6) is -0.419. The van der Waals surface area contributed by atoms with Gasteiger partial charge < -0.3 is 5.32 Å². The van der Waals surface area contributed by atoms with Crippen LogP contribution in [0.1, 0.15) is 21.5 Å². The molecule has 0 atom stereocenters. The molecule has 1 amide bonds. The molecule has 0 saturated heterocycles. The lowest BCUT2D eigenvalue weighted by molar-refractivity contribution is 0.0949. The number of pyridine rings is 1. The second-order valence-corrected chi connectivity index (χ2v) is 5.03. The molecule has 22 heavy (non-hydrogen) atoms. The van der Waals surface area contributed by atoms with E-state index in [1.54, 1.807) is 12.3 Å². The fourth-order valence-corrected chi connectivity index (χ4v) is 2.28. The lowest BCUT2D eigenvalue weighted by Gasteiger charge is -2.07. The predicted octanol–water partition coefficient (Wildman–Crippen LogP) is 1.93. The van der Waals surface area contributed by atoms with E-state index in [4.69, 9.17) is 0 Å². The minimum atomic E-state index is -0.419. The molecule has 3 rings (SSSR count). The van der Waals surface area contributed by atoms with Crippen LogP contribution in [0.2, 0.25) is 0 Å². The number of rotatable bonds is 3. The molecule has 5 heteroatoms. The summed E-state index contributed by atoms with van der Waals surface area (Å²) >= 11 is 0. The van der Waals surface area contributed by atoms with Crippen molar-refractivity contribution in [3.8, 4) is 0 Å². The molecule has 0 radical (unpaired) electrons. The minimum Gasteiger partial charge on any atom is -0.348 e. The van der Waals surface area contributed by atoms with Gasteiger partial charge in [-0.25, -0.2) is 4.98 Å². The first kappa shape index (κ1) is 14.0. The van der Waals surface area contributed by atoms with Crippen LogP contribution in [0.4, 0.5) is 0 Å². The summed E-state index contributed by atoms with van der Waals surface area (Å²) in [7, 11) is 0. The maximum Gasteiger partial charge on any atom is 0.270 e. The van der Waals surface area contributed by atoms with Gasteiger partial charge in [-0.1, -0.05) is 36.4 Å². The second-order valence-electron chi connectivity index (χ2n) is 5.03. The number of amides is 1. The highest BCUT2D eigenvalue weighted by molar-refractivity contribution is 5.93. The van der Waals surface area contributed by atoms with Gasteiger partial charge in [0.1, 0.15) is 11.2 Å². The molecule has 2 aromatic heterocycles. The molecule has 0 fully saturated rings. The van der Waals surface area contributed by atoms with Crippen molar-refractivity contribution in [3.63, 3.8) is 0 Å². The maximum atomic E-state index is 12.4. The number of hydrogen-bond acceptors (Lipinski definition) is 3. The monoisotopic (exact) mass is 293 g/mol. The Balaban J connectivity index is 1.88. The van der Waals surface area contributed by atoms with Crippen LogP contribution in [0.3, 0.4) is 0 Å². The average molecular weight is 293 g/mol. The summed E-state index contributed by atoms with van der Waals surface area (Å²) in [4.78, 5) is 28.8. The van der Waals surface area contributed by atoms with Crippen LogP contribution in [-0.2, 0) is 6.54 Å². The third-order valence-electron chi connectivity index (χ3n) is 3.47. The zero-order valence-electron chi connectivity index (χ0n) is 12.1. The standard InChI is InChI=1S/C17H15N3O2/c1-12-6-5-9-20-15(12)18-11-14(17(20)22)16(21)19-10-13-7-3-2-4-8-13/h2-9,11H,10H2,1H3,(H,19,21). The van der Waals surface area contributed by atoms with Gasteiger partial charge >= 0.3 is 0 Å². The molecule has 0 spiro atoms. The van der Waals surface area contributed by atoms with Crippen molar-refractivity contribution in [1.82, 2.24) is 14.7 Å². The Bertz CT molecular complexity index is 885. The van der Waals surface area contributed by atoms with Gasteiger partial charge in [-0.2, -0.15) is 0 Å². The summed E-state index contributed by atoms with van der Waals surface area (Å²) in [5.41, 5.74) is 2.10. The molecular formula is C17H15N3O2. The smallest absolute Gasteiger partial charge is 0.270 e. The van der Waals surface area contributed by atoms with Crippen LogP contribution < -0.4 is 10.9 Å². The van der Waals surface area contributed by atoms with E-state index in [1.807, 2.05) is 43.3 Å². The van der Waals surface area contributed by atoms with E-state index < -0.39 is 5.91 Å². The molecule has 0 bridgehead atoms. The second kappa shape index (κ2) is 5.81. The van der Waals surface area contributed by atoms with Crippen molar-refractivity contribution < 1.29 is 4.79 Å². The topological polar surface area (TPSA) is 63.5 Å². The SMILES string of the molecule is Cc1cccn2c(=O)c(C(=O)NCc3ccccc3)cnc12. The third kappa shape index (κ3) is 2.61. The van der Waals surface area contributed by atoms with Crippen LogP contribution in [0.5, 0.6) is 0 Å². The van der Waals surface area contributed by atoms with E-state index in [0.29, 0.717) is 12.2 Å². The van der Waals surface area contributed by atoms with Crippen molar-refractivity contribution in [2.24, 2.45) is 0 Å². The molecular weight excluding hydrogens is 278 g/mol. The molecule has 0 unspecified atom stereocenters. The van der Waals surface area contributed by atoms with E-state index in [2.05, 4.69) is 10.3 Å². The number of nitrogens with zero attached hydrogens (tertiary/aromatic N) is 2. The molecule has 0 aliphatic carbocycles. The highest BCUT2D eigenvalue weighted by Gasteiger charge is 2.13. The lowest BCUT2D eigenvalue weighted by Crippen LogP contribution is -2.31. The number of carbonyl (C=O) groups is 1. The predicted molar refractivity (Wildman–Crippen MR) is 83.8 cm³/mol. The lowest BCUT2D eigenvalue weighted by atomic mass is 10.2. The molecule has 3 aromatic rings. The van der Waals surface area contributed by atoms with Crippen LogP contribution in [0.15, 0.2) is 59.7 Å². The third-order valence-corrected chi connectivity index (χ3v) is 3.47. The van der Waals surface area contributed by atoms with Crippen LogP contribution in [0, 0.1) is 6.92 Å². The summed E-state index contributed by atoms with van der Waals surface area (Å²) in [6.07, 6.45) is 2.95. The van der Waals surface area contributed by atoms with Crippen LogP contribution in [0.25, 0.3) is 5.65 Å². The average Bonchev–Trinajstić information content (AvgIpc) is 2.55. The zero-order chi connectivity index (χ0) is 15.5. The van der Waals surface area contributed by atoms with Gasteiger partial charge in [0, 0.05) is 18.9 Å². The maximum absolute atomic E-state index is 12.4. The van der Waals surface area contributed by atoms with E-state index in [0.717, 1.165) is 11.1 Å². The zero-order valence-corrected chi connectivity index (χ0v) is 12.1. The molecule has 0 aliphatic heterocycles. The summed E-state index contributed by atoms with van der Waals surface area (Å²) in [5, 5.41) is 2.74. The van der Waals surface area contributed by atoms with Crippen molar-refractivity contribution in [2.75, 3.05) is 0 Å². The molecule has 5 nitrogen and oxygen atoms in total. The Kier molecular flexibility index (Phi) is 3.70. The largest absolute Gasteiger partial charge is 0.348 e. The fourth-order valence-electron chi connectivity index (χ4n) is 2.28. The van der Waals surface area contributed by atoms with Gasteiger partial charge in [-0.05, 0) is 24.1 Å². The first-order valence-corrected chi connectivity index (χ1v) is 6.96. The Morgan fingerprint density at radius 1 is 1.18 bits per heavy atom. The Morgan fingerprint density at radius 2 is 1.95 bits per heavy atom. The normalized spacial score (nSPS) is 10.6. The van der Waals surface area contributed by atoms with Gasteiger partial charge in [0.15, 0.2) is 0 Å². The Morgan fingerprint density at radius 3 is 2.73 bits per heavy atom.